The van der Waals surface area contributed by atoms with Gasteiger partial charge in [0.25, 0.3) is 0 Å². The lowest BCUT2D eigenvalue weighted by Crippen LogP contribution is -2.40. The number of benzene rings is 1. The Kier molecular flexibility index (Phi) is 3.76. The fourth-order valence-electron chi connectivity index (χ4n) is 2.09. The zero-order chi connectivity index (χ0) is 14.2. The van der Waals surface area contributed by atoms with Crippen LogP contribution in [0.25, 0.3) is 0 Å². The van der Waals surface area contributed by atoms with E-state index in [2.05, 4.69) is 15.9 Å². The SMILES string of the molecule is CC(C)(C)OC(=O)N1CCc2ccc(N)c(Br)c2C1. The van der Waals surface area contributed by atoms with Crippen LogP contribution in [0.4, 0.5) is 10.5 Å². The Balaban J connectivity index is 2.18. The molecule has 5 heteroatoms. The predicted molar refractivity (Wildman–Crippen MR) is 78.9 cm³/mol. The Hall–Kier alpha value is -1.23. The second-order valence-electron chi connectivity index (χ2n) is 5.76. The topological polar surface area (TPSA) is 55.6 Å². The second kappa shape index (κ2) is 5.04. The van der Waals surface area contributed by atoms with Crippen LogP contribution in [-0.4, -0.2) is 23.1 Å². The van der Waals surface area contributed by atoms with Crippen molar-refractivity contribution in [1.82, 2.24) is 4.90 Å². The summed E-state index contributed by atoms with van der Waals surface area (Å²) >= 11 is 3.50. The average Bonchev–Trinajstić information content (AvgIpc) is 2.31. The summed E-state index contributed by atoms with van der Waals surface area (Å²) in [6.07, 6.45) is 0.556. The predicted octanol–water partition coefficient (Wildman–Crippen LogP) is 3.32. The van der Waals surface area contributed by atoms with E-state index in [0.717, 1.165) is 16.5 Å². The van der Waals surface area contributed by atoms with Gasteiger partial charge < -0.3 is 15.4 Å². The highest BCUT2D eigenvalue weighted by molar-refractivity contribution is 9.10. The lowest BCUT2D eigenvalue weighted by Gasteiger charge is -2.31. The summed E-state index contributed by atoms with van der Waals surface area (Å²) in [5, 5.41) is 0. The summed E-state index contributed by atoms with van der Waals surface area (Å²) in [6, 6.07) is 3.92. The molecule has 0 saturated carbocycles. The number of ether oxygens (including phenoxy) is 1. The molecule has 4 nitrogen and oxygen atoms in total. The lowest BCUT2D eigenvalue weighted by molar-refractivity contribution is 0.0223. The number of nitrogens with zero attached hydrogens (tertiary/aromatic N) is 1. The molecule has 0 radical (unpaired) electrons. The molecule has 2 N–H and O–H groups in total. The van der Waals surface area contributed by atoms with Crippen LogP contribution in [0, 0.1) is 0 Å². The van der Waals surface area contributed by atoms with Gasteiger partial charge in [0.1, 0.15) is 5.60 Å². The van der Waals surface area contributed by atoms with Crippen LogP contribution >= 0.6 is 15.9 Å². The minimum atomic E-state index is -0.468. The summed E-state index contributed by atoms with van der Waals surface area (Å²) in [7, 11) is 0. The molecule has 1 aliphatic heterocycles. The van der Waals surface area contributed by atoms with E-state index < -0.39 is 5.60 Å². The first-order valence-electron chi connectivity index (χ1n) is 6.31. The van der Waals surface area contributed by atoms with Crippen molar-refractivity contribution in [1.29, 1.82) is 0 Å². The first kappa shape index (κ1) is 14.2. The number of rotatable bonds is 0. The average molecular weight is 327 g/mol. The maximum Gasteiger partial charge on any atom is 0.410 e. The number of fused-ring (bicyclic) bond motifs is 1. The van der Waals surface area contributed by atoms with Crippen LogP contribution in [0.3, 0.4) is 0 Å². The summed E-state index contributed by atoms with van der Waals surface area (Å²) in [5.41, 5.74) is 8.43. The van der Waals surface area contributed by atoms with Crippen molar-refractivity contribution >= 4 is 27.7 Å². The third kappa shape index (κ3) is 3.21. The van der Waals surface area contributed by atoms with Crippen molar-refractivity contribution < 1.29 is 9.53 Å². The maximum atomic E-state index is 12.1. The summed E-state index contributed by atoms with van der Waals surface area (Å²) < 4.78 is 6.29. The Morgan fingerprint density at radius 2 is 2.11 bits per heavy atom. The number of halogens is 1. The zero-order valence-electron chi connectivity index (χ0n) is 11.5. The van der Waals surface area contributed by atoms with Gasteiger partial charge in [0.05, 0.1) is 6.54 Å². The monoisotopic (exact) mass is 326 g/mol. The molecule has 0 aliphatic carbocycles. The number of nitrogens with two attached hydrogens (primary N) is 1. The molecule has 1 aromatic rings. The van der Waals surface area contributed by atoms with E-state index in [1.807, 2.05) is 32.9 Å². The standard InChI is InChI=1S/C14H19BrN2O2/c1-14(2,3)19-13(18)17-7-6-9-4-5-11(16)12(15)10(9)8-17/h4-5H,6-8,16H2,1-3H3. The quantitative estimate of drug-likeness (QED) is 0.744. The van der Waals surface area contributed by atoms with Gasteiger partial charge in [-0.15, -0.1) is 0 Å². The minimum Gasteiger partial charge on any atom is -0.444 e. The summed E-state index contributed by atoms with van der Waals surface area (Å²) in [4.78, 5) is 13.8. The van der Waals surface area contributed by atoms with Gasteiger partial charge in [0.15, 0.2) is 0 Å². The second-order valence-corrected chi connectivity index (χ2v) is 6.55. The van der Waals surface area contributed by atoms with Crippen LogP contribution in [0.2, 0.25) is 0 Å². The van der Waals surface area contributed by atoms with E-state index in [1.165, 1.54) is 5.56 Å². The molecule has 1 aromatic carbocycles. The van der Waals surface area contributed by atoms with Crippen LogP contribution < -0.4 is 5.73 Å². The zero-order valence-corrected chi connectivity index (χ0v) is 13.1. The van der Waals surface area contributed by atoms with E-state index in [4.69, 9.17) is 10.5 Å². The first-order chi connectivity index (χ1) is 8.78. The highest BCUT2D eigenvalue weighted by atomic mass is 79.9. The Morgan fingerprint density at radius 1 is 1.42 bits per heavy atom. The molecule has 1 aliphatic rings. The van der Waals surface area contributed by atoms with Crippen molar-refractivity contribution in [2.24, 2.45) is 0 Å². The van der Waals surface area contributed by atoms with Gasteiger partial charge in [0.2, 0.25) is 0 Å². The molecule has 0 atom stereocenters. The summed E-state index contributed by atoms with van der Waals surface area (Å²) in [6.45, 7) is 6.83. The van der Waals surface area contributed by atoms with Crippen molar-refractivity contribution in [3.63, 3.8) is 0 Å². The minimum absolute atomic E-state index is 0.271. The molecule has 1 heterocycles. The summed E-state index contributed by atoms with van der Waals surface area (Å²) in [5.74, 6) is 0. The maximum absolute atomic E-state index is 12.1. The first-order valence-corrected chi connectivity index (χ1v) is 7.11. The van der Waals surface area contributed by atoms with Crippen LogP contribution in [0.5, 0.6) is 0 Å². The highest BCUT2D eigenvalue weighted by Crippen LogP contribution is 2.31. The fourth-order valence-corrected chi connectivity index (χ4v) is 2.60. The van der Waals surface area contributed by atoms with E-state index in [1.54, 1.807) is 4.90 Å². The lowest BCUT2D eigenvalue weighted by atomic mass is 9.99. The number of carbonyl (C=O) groups excluding carboxylic acids is 1. The van der Waals surface area contributed by atoms with E-state index >= 15 is 0 Å². The van der Waals surface area contributed by atoms with E-state index in [-0.39, 0.29) is 6.09 Å². The molecule has 0 aromatic heterocycles. The van der Waals surface area contributed by atoms with Gasteiger partial charge in [-0.05, 0) is 60.3 Å². The van der Waals surface area contributed by atoms with E-state index in [9.17, 15) is 4.79 Å². The Morgan fingerprint density at radius 3 is 2.74 bits per heavy atom. The Labute approximate surface area is 122 Å². The number of anilines is 1. The van der Waals surface area contributed by atoms with Gasteiger partial charge in [-0.3, -0.25) is 0 Å². The molecule has 0 fully saturated rings. The van der Waals surface area contributed by atoms with Crippen LogP contribution in [-0.2, 0) is 17.7 Å². The van der Waals surface area contributed by atoms with Crippen molar-refractivity contribution in [2.45, 2.75) is 39.3 Å². The third-order valence-corrected chi connectivity index (χ3v) is 3.96. The van der Waals surface area contributed by atoms with Gasteiger partial charge in [0, 0.05) is 16.7 Å². The van der Waals surface area contributed by atoms with Gasteiger partial charge in [-0.25, -0.2) is 4.79 Å². The number of amides is 1. The normalized spacial score (nSPS) is 15.1. The molecular weight excluding hydrogens is 308 g/mol. The molecule has 0 bridgehead atoms. The number of hydrogen-bond acceptors (Lipinski definition) is 3. The number of carbonyl (C=O) groups is 1. The molecule has 1 amide bonds. The van der Waals surface area contributed by atoms with Gasteiger partial charge in [-0.1, -0.05) is 6.07 Å². The molecule has 2 rings (SSSR count). The fraction of sp³-hybridized carbons (Fsp3) is 0.500. The molecule has 19 heavy (non-hydrogen) atoms. The smallest absolute Gasteiger partial charge is 0.410 e. The molecule has 0 unspecified atom stereocenters. The molecular formula is C14H19BrN2O2. The highest BCUT2D eigenvalue weighted by Gasteiger charge is 2.27. The number of nitrogen functional groups attached to an aromatic ring is 1. The van der Waals surface area contributed by atoms with Crippen LogP contribution in [0.15, 0.2) is 16.6 Å². The molecule has 104 valence electrons. The van der Waals surface area contributed by atoms with E-state index in [0.29, 0.717) is 18.8 Å². The van der Waals surface area contributed by atoms with Gasteiger partial charge >= 0.3 is 6.09 Å². The van der Waals surface area contributed by atoms with Gasteiger partial charge in [-0.2, -0.15) is 0 Å². The largest absolute Gasteiger partial charge is 0.444 e. The van der Waals surface area contributed by atoms with Crippen molar-refractivity contribution in [3.05, 3.63) is 27.7 Å². The Bertz CT molecular complexity index is 509. The molecule has 0 spiro atoms. The number of hydrogen-bond donors (Lipinski definition) is 1. The van der Waals surface area contributed by atoms with Crippen molar-refractivity contribution in [2.75, 3.05) is 12.3 Å². The van der Waals surface area contributed by atoms with Crippen molar-refractivity contribution in [3.8, 4) is 0 Å². The third-order valence-electron chi connectivity index (χ3n) is 3.02. The molecule has 0 saturated heterocycles. The van der Waals surface area contributed by atoms with Crippen LogP contribution in [0.1, 0.15) is 31.9 Å².